The fraction of sp³-hybridized carbons (Fsp3) is 0.800. The number of hydrogen-bond acceptors (Lipinski definition) is 6. The molecular formula is C10H19N3OS2. The Bertz CT molecular complexity index is 304. The molecule has 0 spiro atoms. The van der Waals surface area contributed by atoms with Gasteiger partial charge in [0.1, 0.15) is 5.82 Å². The van der Waals surface area contributed by atoms with E-state index in [0.717, 1.165) is 22.3 Å². The minimum Gasteiger partial charge on any atom is -0.395 e. The first kappa shape index (κ1) is 13.9. The van der Waals surface area contributed by atoms with Crippen LogP contribution in [0, 0.1) is 0 Å². The van der Waals surface area contributed by atoms with Crippen LogP contribution in [0.15, 0.2) is 4.34 Å². The Hall–Kier alpha value is -0.170. The Balaban J connectivity index is 2.36. The molecule has 2 N–H and O–H groups in total. The molecule has 0 aliphatic heterocycles. The first-order chi connectivity index (χ1) is 7.65. The van der Waals surface area contributed by atoms with Gasteiger partial charge in [0.15, 0.2) is 4.34 Å². The maximum Gasteiger partial charge on any atom is 0.170 e. The van der Waals surface area contributed by atoms with E-state index in [2.05, 4.69) is 28.5 Å². The van der Waals surface area contributed by atoms with Gasteiger partial charge >= 0.3 is 0 Å². The van der Waals surface area contributed by atoms with Gasteiger partial charge in [0.2, 0.25) is 0 Å². The molecule has 0 radical (unpaired) electrons. The van der Waals surface area contributed by atoms with Crippen LogP contribution in [0.25, 0.3) is 0 Å². The van der Waals surface area contributed by atoms with E-state index in [1.807, 2.05) is 6.92 Å². The fourth-order valence-corrected chi connectivity index (χ4v) is 2.98. The minimum atomic E-state index is 0.124. The molecule has 0 fully saturated rings. The Morgan fingerprint density at radius 2 is 2.25 bits per heavy atom. The molecule has 1 heterocycles. The van der Waals surface area contributed by atoms with E-state index in [0.29, 0.717) is 6.04 Å². The molecule has 4 nitrogen and oxygen atoms in total. The number of nitrogens with zero attached hydrogens (tertiary/aromatic N) is 2. The van der Waals surface area contributed by atoms with Crippen LogP contribution >= 0.6 is 23.3 Å². The molecular weight excluding hydrogens is 242 g/mol. The molecule has 0 saturated heterocycles. The van der Waals surface area contributed by atoms with Crippen molar-refractivity contribution in [3.8, 4) is 0 Å². The normalized spacial score (nSPS) is 13.3. The summed E-state index contributed by atoms with van der Waals surface area (Å²) in [5, 5.41) is 12.5. The minimum absolute atomic E-state index is 0.124. The summed E-state index contributed by atoms with van der Waals surface area (Å²) in [4.78, 5) is 4.38. The van der Waals surface area contributed by atoms with Gasteiger partial charge in [-0.3, -0.25) is 0 Å². The standard InChI is InChI=1S/C10H19N3OS2/c1-4-9-12-10(16-13-9)15-6-8(5-14)11-7(2)3/h7-8,11,14H,4-6H2,1-3H3. The number of hydrogen-bond donors (Lipinski definition) is 2. The number of aliphatic hydroxyl groups is 1. The van der Waals surface area contributed by atoms with Crippen molar-refractivity contribution in [2.45, 2.75) is 43.6 Å². The third-order valence-electron chi connectivity index (χ3n) is 1.96. The molecule has 0 aliphatic carbocycles. The topological polar surface area (TPSA) is 58.0 Å². The van der Waals surface area contributed by atoms with E-state index in [1.54, 1.807) is 11.8 Å². The lowest BCUT2D eigenvalue weighted by Gasteiger charge is -2.17. The number of aromatic nitrogens is 2. The molecule has 1 aromatic rings. The fourth-order valence-electron chi connectivity index (χ4n) is 1.24. The Labute approximate surface area is 105 Å². The van der Waals surface area contributed by atoms with Crippen molar-refractivity contribution >= 4 is 23.3 Å². The van der Waals surface area contributed by atoms with Gasteiger partial charge in [-0.1, -0.05) is 32.5 Å². The SMILES string of the molecule is CCc1nsc(SCC(CO)NC(C)C)n1. The van der Waals surface area contributed by atoms with Crippen LogP contribution in [0.1, 0.15) is 26.6 Å². The highest BCUT2D eigenvalue weighted by atomic mass is 32.2. The highest BCUT2D eigenvalue weighted by Gasteiger charge is 2.11. The summed E-state index contributed by atoms with van der Waals surface area (Å²) in [7, 11) is 0. The van der Waals surface area contributed by atoms with Crippen LogP contribution in [0.2, 0.25) is 0 Å². The second kappa shape index (κ2) is 7.21. The van der Waals surface area contributed by atoms with Crippen LogP contribution in [0.4, 0.5) is 0 Å². The van der Waals surface area contributed by atoms with Gasteiger partial charge in [-0.2, -0.15) is 4.37 Å². The van der Waals surface area contributed by atoms with Crippen LogP contribution < -0.4 is 5.32 Å². The summed E-state index contributed by atoms with van der Waals surface area (Å²) in [5.74, 6) is 1.73. The number of aliphatic hydroxyl groups excluding tert-OH is 1. The molecule has 92 valence electrons. The second-order valence-electron chi connectivity index (χ2n) is 3.84. The third-order valence-corrected chi connectivity index (χ3v) is 4.00. The zero-order valence-electron chi connectivity index (χ0n) is 9.93. The van der Waals surface area contributed by atoms with Gasteiger partial charge in [-0.05, 0) is 11.5 Å². The van der Waals surface area contributed by atoms with E-state index in [1.165, 1.54) is 11.5 Å². The predicted molar refractivity (Wildman–Crippen MR) is 69.2 cm³/mol. The summed E-state index contributed by atoms with van der Waals surface area (Å²) in [6.07, 6.45) is 0.880. The van der Waals surface area contributed by atoms with Gasteiger partial charge in [0.25, 0.3) is 0 Å². The molecule has 1 unspecified atom stereocenters. The van der Waals surface area contributed by atoms with Crippen LogP contribution in [0.3, 0.4) is 0 Å². The molecule has 1 rings (SSSR count). The van der Waals surface area contributed by atoms with Crippen molar-refractivity contribution in [2.75, 3.05) is 12.4 Å². The first-order valence-electron chi connectivity index (χ1n) is 5.48. The van der Waals surface area contributed by atoms with Gasteiger partial charge in [-0.15, -0.1) is 0 Å². The lowest BCUT2D eigenvalue weighted by Crippen LogP contribution is -2.39. The molecule has 0 amide bonds. The first-order valence-corrected chi connectivity index (χ1v) is 7.23. The zero-order valence-corrected chi connectivity index (χ0v) is 11.6. The second-order valence-corrected chi connectivity index (χ2v) is 5.86. The van der Waals surface area contributed by atoms with Crippen molar-refractivity contribution in [1.82, 2.24) is 14.7 Å². The van der Waals surface area contributed by atoms with Gasteiger partial charge in [0, 0.05) is 24.3 Å². The van der Waals surface area contributed by atoms with Gasteiger partial charge in [-0.25, -0.2) is 4.98 Å². The van der Waals surface area contributed by atoms with Crippen LogP contribution in [0.5, 0.6) is 0 Å². The molecule has 16 heavy (non-hydrogen) atoms. The quantitative estimate of drug-likeness (QED) is 0.729. The summed E-state index contributed by atoms with van der Waals surface area (Å²) in [6.45, 7) is 6.36. The molecule has 1 atom stereocenters. The average molecular weight is 261 g/mol. The summed E-state index contributed by atoms with van der Waals surface area (Å²) < 4.78 is 5.21. The molecule has 0 aromatic carbocycles. The predicted octanol–water partition coefficient (Wildman–Crippen LogP) is 1.55. The number of thioether (sulfide) groups is 1. The highest BCUT2D eigenvalue weighted by Crippen LogP contribution is 2.21. The molecule has 1 aromatic heterocycles. The summed E-state index contributed by atoms with van der Waals surface area (Å²) in [6, 6.07) is 0.511. The Morgan fingerprint density at radius 1 is 1.50 bits per heavy atom. The van der Waals surface area contributed by atoms with Crippen LogP contribution in [-0.2, 0) is 6.42 Å². The number of nitrogens with one attached hydrogen (secondary N) is 1. The number of rotatable bonds is 7. The lowest BCUT2D eigenvalue weighted by molar-refractivity contribution is 0.247. The average Bonchev–Trinajstić information content (AvgIpc) is 2.71. The smallest absolute Gasteiger partial charge is 0.170 e. The van der Waals surface area contributed by atoms with Gasteiger partial charge in [0.05, 0.1) is 6.61 Å². The van der Waals surface area contributed by atoms with E-state index in [4.69, 9.17) is 0 Å². The molecule has 0 bridgehead atoms. The molecule has 0 aliphatic rings. The maximum atomic E-state index is 9.20. The largest absolute Gasteiger partial charge is 0.395 e. The monoisotopic (exact) mass is 261 g/mol. The van der Waals surface area contributed by atoms with Crippen molar-refractivity contribution in [2.24, 2.45) is 0 Å². The van der Waals surface area contributed by atoms with Crippen molar-refractivity contribution in [3.05, 3.63) is 5.82 Å². The summed E-state index contributed by atoms with van der Waals surface area (Å²) >= 11 is 3.09. The zero-order chi connectivity index (χ0) is 12.0. The van der Waals surface area contributed by atoms with E-state index < -0.39 is 0 Å². The highest BCUT2D eigenvalue weighted by molar-refractivity contribution is 8.00. The van der Waals surface area contributed by atoms with Crippen LogP contribution in [-0.4, -0.2) is 38.9 Å². The summed E-state index contributed by atoms with van der Waals surface area (Å²) in [5.41, 5.74) is 0. The lowest BCUT2D eigenvalue weighted by atomic mass is 10.3. The maximum absolute atomic E-state index is 9.20. The van der Waals surface area contributed by atoms with Crippen molar-refractivity contribution < 1.29 is 5.11 Å². The van der Waals surface area contributed by atoms with E-state index in [-0.39, 0.29) is 12.6 Å². The third kappa shape index (κ3) is 4.78. The Morgan fingerprint density at radius 3 is 2.75 bits per heavy atom. The molecule has 0 saturated carbocycles. The Kier molecular flexibility index (Phi) is 6.26. The van der Waals surface area contributed by atoms with E-state index >= 15 is 0 Å². The number of aryl methyl sites for hydroxylation is 1. The molecule has 6 heteroatoms. The van der Waals surface area contributed by atoms with Crippen molar-refractivity contribution in [3.63, 3.8) is 0 Å². The van der Waals surface area contributed by atoms with Gasteiger partial charge < -0.3 is 10.4 Å². The van der Waals surface area contributed by atoms with Crippen molar-refractivity contribution in [1.29, 1.82) is 0 Å². The van der Waals surface area contributed by atoms with E-state index in [9.17, 15) is 5.11 Å².